The maximum absolute atomic E-state index is 12.9. The molecule has 2 aliphatic heterocycles. The third kappa shape index (κ3) is 2.65. The van der Waals surface area contributed by atoms with E-state index in [1.165, 1.54) is 0 Å². The average molecular weight is 378 g/mol. The second kappa shape index (κ2) is 6.29. The van der Waals surface area contributed by atoms with Gasteiger partial charge in [-0.15, -0.1) is 0 Å². The smallest absolute Gasteiger partial charge is 0.254 e. The zero-order chi connectivity index (χ0) is 19.4. The van der Waals surface area contributed by atoms with Crippen molar-refractivity contribution in [1.82, 2.24) is 19.8 Å². The number of H-pyrrole nitrogens is 1. The number of aryl methyl sites for hydroxylation is 1. The Morgan fingerprint density at radius 2 is 2.07 bits per heavy atom. The van der Waals surface area contributed by atoms with Gasteiger partial charge in [0.2, 0.25) is 5.91 Å². The maximum atomic E-state index is 12.9. The Labute approximate surface area is 162 Å². The van der Waals surface area contributed by atoms with E-state index in [9.17, 15) is 14.4 Å². The molecule has 0 saturated carbocycles. The summed E-state index contributed by atoms with van der Waals surface area (Å²) >= 11 is 0. The van der Waals surface area contributed by atoms with Crippen LogP contribution in [0.3, 0.4) is 0 Å². The van der Waals surface area contributed by atoms with Crippen molar-refractivity contribution in [2.75, 3.05) is 19.6 Å². The summed E-state index contributed by atoms with van der Waals surface area (Å²) in [4.78, 5) is 48.6. The highest BCUT2D eigenvalue weighted by Gasteiger charge is 2.42. The van der Waals surface area contributed by atoms with Crippen molar-refractivity contribution >= 4 is 11.8 Å². The van der Waals surface area contributed by atoms with E-state index in [0.717, 1.165) is 23.2 Å². The normalized spacial score (nSPS) is 22.8. The van der Waals surface area contributed by atoms with Gasteiger partial charge in [-0.2, -0.15) is 0 Å². The first-order chi connectivity index (χ1) is 13.5. The molecule has 1 aromatic heterocycles. The molecule has 5 rings (SSSR count). The number of hydrogen-bond donors (Lipinski definition) is 1. The van der Waals surface area contributed by atoms with Crippen molar-refractivity contribution in [2.24, 2.45) is 5.92 Å². The summed E-state index contributed by atoms with van der Waals surface area (Å²) in [6.45, 7) is 3.62. The predicted octanol–water partition coefficient (Wildman–Crippen LogP) is 1.22. The minimum atomic E-state index is -0.0743. The second-order valence-corrected chi connectivity index (χ2v) is 8.04. The van der Waals surface area contributed by atoms with Crippen LogP contribution in [0.15, 0.2) is 29.1 Å². The maximum Gasteiger partial charge on any atom is 0.254 e. The van der Waals surface area contributed by atoms with E-state index in [0.29, 0.717) is 43.4 Å². The van der Waals surface area contributed by atoms with Gasteiger partial charge in [-0.25, -0.2) is 4.98 Å². The fourth-order valence-corrected chi connectivity index (χ4v) is 4.89. The number of likely N-dealkylation sites (tertiary alicyclic amines) is 1. The molecule has 3 heterocycles. The summed E-state index contributed by atoms with van der Waals surface area (Å²) in [6, 6.07) is 7.51. The molecular formula is C21H22N4O3. The molecule has 1 aromatic carbocycles. The van der Waals surface area contributed by atoms with Gasteiger partial charge in [0.1, 0.15) is 12.4 Å². The summed E-state index contributed by atoms with van der Waals surface area (Å²) in [5.41, 5.74) is 3.25. The minimum Gasteiger partial charge on any atom is -0.340 e. The molecule has 1 N–H and O–H groups in total. The lowest BCUT2D eigenvalue weighted by Crippen LogP contribution is -2.39. The topological polar surface area (TPSA) is 86.4 Å². The molecule has 7 heteroatoms. The van der Waals surface area contributed by atoms with Crippen molar-refractivity contribution in [3.05, 3.63) is 62.8 Å². The molecule has 0 radical (unpaired) electrons. The van der Waals surface area contributed by atoms with Crippen LogP contribution in [0.25, 0.3) is 0 Å². The van der Waals surface area contributed by atoms with Gasteiger partial charge in [-0.3, -0.25) is 14.4 Å². The van der Waals surface area contributed by atoms with Crippen molar-refractivity contribution in [1.29, 1.82) is 0 Å². The van der Waals surface area contributed by atoms with Gasteiger partial charge in [0.05, 0.1) is 5.69 Å². The van der Waals surface area contributed by atoms with Gasteiger partial charge in [-0.05, 0) is 37.3 Å². The lowest BCUT2D eigenvalue weighted by Gasteiger charge is -2.25. The van der Waals surface area contributed by atoms with Crippen LogP contribution in [-0.2, 0) is 17.8 Å². The van der Waals surface area contributed by atoms with Gasteiger partial charge in [-0.1, -0.05) is 18.2 Å². The van der Waals surface area contributed by atoms with Gasteiger partial charge in [0.25, 0.3) is 11.5 Å². The molecule has 1 fully saturated rings. The molecule has 2 atom stereocenters. The van der Waals surface area contributed by atoms with Crippen LogP contribution in [-0.4, -0.2) is 51.2 Å². The Morgan fingerprint density at radius 3 is 2.89 bits per heavy atom. The average Bonchev–Trinajstić information content (AvgIpc) is 3.24. The fourth-order valence-electron chi connectivity index (χ4n) is 4.89. The highest BCUT2D eigenvalue weighted by molar-refractivity contribution is 6.00. The van der Waals surface area contributed by atoms with Crippen LogP contribution in [0, 0.1) is 12.8 Å². The second-order valence-electron chi connectivity index (χ2n) is 8.04. The van der Waals surface area contributed by atoms with Crippen LogP contribution in [0.2, 0.25) is 0 Å². The number of fused-ring (bicyclic) bond motifs is 4. The third-order valence-corrected chi connectivity index (χ3v) is 6.30. The van der Waals surface area contributed by atoms with Crippen LogP contribution in [0.4, 0.5) is 0 Å². The van der Waals surface area contributed by atoms with Crippen LogP contribution in [0.1, 0.15) is 45.3 Å². The molecule has 1 saturated heterocycles. The number of hydrogen-bond acceptors (Lipinski definition) is 4. The molecule has 144 valence electrons. The van der Waals surface area contributed by atoms with Gasteiger partial charge < -0.3 is 14.8 Å². The number of benzene rings is 1. The van der Waals surface area contributed by atoms with E-state index in [1.54, 1.807) is 11.8 Å². The quantitative estimate of drug-likeness (QED) is 0.851. The molecule has 0 spiro atoms. The summed E-state index contributed by atoms with van der Waals surface area (Å²) in [7, 11) is 0. The van der Waals surface area contributed by atoms with E-state index in [2.05, 4.69) is 9.97 Å². The highest BCUT2D eigenvalue weighted by Crippen LogP contribution is 2.39. The van der Waals surface area contributed by atoms with E-state index in [1.807, 2.05) is 29.2 Å². The summed E-state index contributed by atoms with van der Waals surface area (Å²) in [6.07, 6.45) is 1.60. The fraction of sp³-hybridized carbons (Fsp3) is 0.429. The number of rotatable bonds is 2. The Hall–Kier alpha value is -2.96. The van der Waals surface area contributed by atoms with Crippen molar-refractivity contribution in [2.45, 2.75) is 32.2 Å². The molecular weight excluding hydrogens is 356 g/mol. The number of nitrogens with one attached hydrogen (secondary N) is 1. The number of aromatic nitrogens is 2. The van der Waals surface area contributed by atoms with Crippen LogP contribution < -0.4 is 5.56 Å². The SMILES string of the molecule is Cc1nc2c(c(=O)[nH]1)CC[C@@H]1CN(C(=O)CN3Cc4ccccc4C3=O)C[C@H]21. The molecule has 1 aliphatic carbocycles. The Morgan fingerprint density at radius 1 is 1.25 bits per heavy atom. The summed E-state index contributed by atoms with van der Waals surface area (Å²) < 4.78 is 0. The van der Waals surface area contributed by atoms with Crippen molar-refractivity contribution < 1.29 is 9.59 Å². The van der Waals surface area contributed by atoms with Crippen LogP contribution >= 0.6 is 0 Å². The zero-order valence-electron chi connectivity index (χ0n) is 15.8. The summed E-state index contributed by atoms with van der Waals surface area (Å²) in [5, 5.41) is 0. The summed E-state index contributed by atoms with van der Waals surface area (Å²) in [5.74, 6) is 0.958. The molecule has 7 nitrogen and oxygen atoms in total. The molecule has 2 amide bonds. The molecule has 28 heavy (non-hydrogen) atoms. The number of amides is 2. The number of aromatic amines is 1. The predicted molar refractivity (Wildman–Crippen MR) is 102 cm³/mol. The largest absolute Gasteiger partial charge is 0.340 e. The molecule has 2 aromatic rings. The first-order valence-corrected chi connectivity index (χ1v) is 9.76. The Kier molecular flexibility index (Phi) is 3.86. The van der Waals surface area contributed by atoms with E-state index in [4.69, 9.17) is 0 Å². The number of nitrogens with zero attached hydrogens (tertiary/aromatic N) is 3. The van der Waals surface area contributed by atoms with E-state index < -0.39 is 0 Å². The molecule has 3 aliphatic rings. The third-order valence-electron chi connectivity index (χ3n) is 6.30. The van der Waals surface area contributed by atoms with Gasteiger partial charge in [0, 0.05) is 36.7 Å². The lowest BCUT2D eigenvalue weighted by molar-refractivity contribution is -0.131. The zero-order valence-corrected chi connectivity index (χ0v) is 15.8. The van der Waals surface area contributed by atoms with E-state index in [-0.39, 0.29) is 29.8 Å². The molecule has 0 unspecified atom stereocenters. The lowest BCUT2D eigenvalue weighted by atomic mass is 9.80. The first-order valence-electron chi connectivity index (χ1n) is 9.76. The first kappa shape index (κ1) is 17.2. The Balaban J connectivity index is 1.32. The Bertz CT molecular complexity index is 1040. The minimum absolute atomic E-state index is 0.0290. The number of carbonyl (C=O) groups excluding carboxylic acids is 2. The highest BCUT2D eigenvalue weighted by atomic mass is 16.2. The standard InChI is InChI=1S/C21H22N4O3/c1-12-22-19-16(20(27)23-12)7-6-14-8-24(10-17(14)19)18(26)11-25-9-13-4-2-3-5-15(13)21(25)28/h2-5,14,17H,6-11H2,1H3,(H,22,23,27)/t14-,17+/m1/s1. The van der Waals surface area contributed by atoms with Gasteiger partial charge in [0.15, 0.2) is 0 Å². The van der Waals surface area contributed by atoms with Crippen molar-refractivity contribution in [3.8, 4) is 0 Å². The van der Waals surface area contributed by atoms with Crippen LogP contribution in [0.5, 0.6) is 0 Å². The van der Waals surface area contributed by atoms with Crippen molar-refractivity contribution in [3.63, 3.8) is 0 Å². The van der Waals surface area contributed by atoms with E-state index >= 15 is 0 Å². The molecule has 0 bridgehead atoms. The monoisotopic (exact) mass is 378 g/mol. The van der Waals surface area contributed by atoms with Gasteiger partial charge >= 0.3 is 0 Å². The number of carbonyl (C=O) groups is 2.